The Morgan fingerprint density at radius 2 is 1.82 bits per heavy atom. The Hall–Kier alpha value is -3.14. The smallest absolute Gasteiger partial charge is 0.410 e. The molecule has 5 rings (SSSR count). The number of Topliss-reactive ketones (excluding diaryl/α,β-unsaturated/α-hetero) is 1. The lowest BCUT2D eigenvalue weighted by Gasteiger charge is -2.26. The Morgan fingerprint density at radius 3 is 2.48 bits per heavy atom. The van der Waals surface area contributed by atoms with E-state index < -0.39 is 15.6 Å². The van der Waals surface area contributed by atoms with Crippen LogP contribution >= 0.6 is 0 Å². The van der Waals surface area contributed by atoms with Crippen LogP contribution in [0.1, 0.15) is 47.2 Å². The van der Waals surface area contributed by atoms with Crippen molar-refractivity contribution in [2.45, 2.75) is 43.7 Å². The van der Waals surface area contributed by atoms with Gasteiger partial charge in [-0.3, -0.25) is 9.59 Å². The lowest BCUT2D eigenvalue weighted by atomic mass is 10.0. The first-order valence-corrected chi connectivity index (χ1v) is 12.3. The molecule has 2 fully saturated rings. The van der Waals surface area contributed by atoms with E-state index in [9.17, 15) is 22.8 Å². The number of nitrogens with one attached hydrogen (secondary N) is 1. The molecule has 1 aromatic carbocycles. The Kier molecular flexibility index (Phi) is 4.72. The highest BCUT2D eigenvalue weighted by Crippen LogP contribution is 2.46. The van der Waals surface area contributed by atoms with Crippen molar-refractivity contribution >= 4 is 27.8 Å². The van der Waals surface area contributed by atoms with E-state index in [4.69, 9.17) is 4.74 Å². The Bertz CT molecular complexity index is 1280. The van der Waals surface area contributed by atoms with E-state index >= 15 is 0 Å². The third-order valence-electron chi connectivity index (χ3n) is 6.35. The molecule has 0 radical (unpaired) electrons. The minimum absolute atomic E-state index is 0.0265. The molecule has 1 aliphatic carbocycles. The number of rotatable bonds is 2. The van der Waals surface area contributed by atoms with Crippen molar-refractivity contribution in [3.63, 3.8) is 0 Å². The second kappa shape index (κ2) is 7.18. The normalized spacial score (nSPS) is 24.9. The molecule has 0 spiro atoms. The summed E-state index contributed by atoms with van der Waals surface area (Å²) in [5.41, 5.74) is 0.165. The van der Waals surface area contributed by atoms with Crippen molar-refractivity contribution in [2.24, 2.45) is 11.8 Å². The summed E-state index contributed by atoms with van der Waals surface area (Å²) >= 11 is 0. The quantitative estimate of drug-likeness (QED) is 0.717. The summed E-state index contributed by atoms with van der Waals surface area (Å²) in [5, 5.41) is 2.99. The fourth-order valence-electron chi connectivity index (χ4n) is 4.72. The average molecular weight is 472 g/mol. The highest BCUT2D eigenvalue weighted by molar-refractivity contribution is 7.90. The van der Waals surface area contributed by atoms with Gasteiger partial charge in [0.2, 0.25) is 0 Å². The number of amides is 2. The van der Waals surface area contributed by atoms with Gasteiger partial charge in [-0.15, -0.1) is 0 Å². The van der Waals surface area contributed by atoms with Crippen LogP contribution in [0.4, 0.5) is 4.79 Å². The molecule has 9 nitrogen and oxygen atoms in total. The molecule has 1 saturated carbocycles. The first-order chi connectivity index (χ1) is 15.5. The van der Waals surface area contributed by atoms with Crippen molar-refractivity contribution in [2.75, 3.05) is 13.1 Å². The molecule has 2 aromatic rings. The first kappa shape index (κ1) is 21.7. The van der Waals surface area contributed by atoms with Crippen molar-refractivity contribution < 1.29 is 27.5 Å². The molecule has 3 heterocycles. The van der Waals surface area contributed by atoms with E-state index in [2.05, 4.69) is 5.32 Å². The van der Waals surface area contributed by atoms with E-state index in [1.54, 1.807) is 4.90 Å². The average Bonchev–Trinajstić information content (AvgIpc) is 3.13. The molecule has 3 aliphatic rings. The van der Waals surface area contributed by atoms with Crippen LogP contribution in [-0.2, 0) is 21.2 Å². The maximum Gasteiger partial charge on any atom is 0.410 e. The van der Waals surface area contributed by atoms with Crippen molar-refractivity contribution in [1.29, 1.82) is 0 Å². The minimum atomic E-state index is -3.91. The summed E-state index contributed by atoms with van der Waals surface area (Å²) in [4.78, 5) is 39.3. The standard InChI is InChI=1S/C23H25N3O6S/c1-23(2,3)32-22(29)25-11-15-16(12-25)20(15)24-21(28)13-6-7-19-14(9-13)10-18(27)17-5-4-8-26(17)33(19,30)31/h4-9,15-16,20H,10-12H2,1-3H3,(H,24,28). The summed E-state index contributed by atoms with van der Waals surface area (Å²) in [7, 11) is -3.91. The van der Waals surface area contributed by atoms with Crippen LogP contribution in [0.2, 0.25) is 0 Å². The van der Waals surface area contributed by atoms with Gasteiger partial charge in [-0.05, 0) is 56.7 Å². The van der Waals surface area contributed by atoms with E-state index in [1.165, 1.54) is 36.5 Å². The number of fused-ring (bicyclic) bond motifs is 3. The SMILES string of the molecule is CC(C)(C)OC(=O)N1CC2C(C1)C2NC(=O)c1ccc2c(c1)CC(=O)c1cccn1S2(=O)=O. The number of hydrogen-bond donors (Lipinski definition) is 1. The lowest BCUT2D eigenvalue weighted by molar-refractivity contribution is 0.0269. The summed E-state index contributed by atoms with van der Waals surface area (Å²) in [6, 6.07) is 7.30. The fourth-order valence-corrected chi connectivity index (χ4v) is 6.29. The van der Waals surface area contributed by atoms with Crippen LogP contribution in [0.15, 0.2) is 41.4 Å². The number of aromatic nitrogens is 1. The van der Waals surface area contributed by atoms with Gasteiger partial charge in [-0.1, -0.05) is 0 Å². The van der Waals surface area contributed by atoms with E-state index in [1.807, 2.05) is 20.8 Å². The second-order valence-electron chi connectivity index (χ2n) is 9.83. The Labute approximate surface area is 191 Å². The summed E-state index contributed by atoms with van der Waals surface area (Å²) in [6.45, 7) is 6.52. The Balaban J connectivity index is 1.27. The number of nitrogens with zero attached hydrogens (tertiary/aromatic N) is 2. The molecule has 1 saturated heterocycles. The van der Waals surface area contributed by atoms with Gasteiger partial charge < -0.3 is 15.0 Å². The van der Waals surface area contributed by atoms with E-state index in [-0.39, 0.29) is 52.7 Å². The molecule has 1 N–H and O–H groups in total. The van der Waals surface area contributed by atoms with Crippen molar-refractivity contribution in [1.82, 2.24) is 14.2 Å². The highest BCUT2D eigenvalue weighted by atomic mass is 32.2. The largest absolute Gasteiger partial charge is 0.444 e. The topological polar surface area (TPSA) is 115 Å². The predicted octanol–water partition coefficient (Wildman–Crippen LogP) is 2.06. The first-order valence-electron chi connectivity index (χ1n) is 10.8. The Morgan fingerprint density at radius 1 is 1.12 bits per heavy atom. The fraction of sp³-hybridized carbons (Fsp3) is 0.435. The summed E-state index contributed by atoms with van der Waals surface area (Å²) in [6.07, 6.45) is 0.908. The van der Waals surface area contributed by atoms with Gasteiger partial charge in [0, 0.05) is 49.1 Å². The number of carbonyl (C=O) groups excluding carboxylic acids is 3. The maximum atomic E-state index is 13.0. The zero-order valence-corrected chi connectivity index (χ0v) is 19.4. The molecule has 2 aliphatic heterocycles. The van der Waals surface area contributed by atoms with Crippen LogP contribution in [0.3, 0.4) is 0 Å². The number of ketones is 1. The number of benzene rings is 1. The molecular formula is C23H25N3O6S. The van der Waals surface area contributed by atoms with Gasteiger partial charge in [0.05, 0.1) is 4.90 Å². The number of carbonyl (C=O) groups is 3. The van der Waals surface area contributed by atoms with Gasteiger partial charge in [-0.25, -0.2) is 17.2 Å². The predicted molar refractivity (Wildman–Crippen MR) is 118 cm³/mol. The third kappa shape index (κ3) is 3.72. The monoisotopic (exact) mass is 471 g/mol. The minimum Gasteiger partial charge on any atom is -0.444 e. The van der Waals surface area contributed by atoms with Crippen LogP contribution in [-0.4, -0.2) is 59.8 Å². The molecule has 174 valence electrons. The van der Waals surface area contributed by atoms with Gasteiger partial charge in [0.1, 0.15) is 11.3 Å². The molecule has 2 amide bonds. The van der Waals surface area contributed by atoms with Gasteiger partial charge in [0.25, 0.3) is 15.9 Å². The maximum absolute atomic E-state index is 13.0. The van der Waals surface area contributed by atoms with E-state index in [0.29, 0.717) is 24.2 Å². The molecular weight excluding hydrogens is 446 g/mol. The van der Waals surface area contributed by atoms with Crippen LogP contribution in [0.5, 0.6) is 0 Å². The summed E-state index contributed by atoms with van der Waals surface area (Å²) in [5.74, 6) is -0.293. The van der Waals surface area contributed by atoms with E-state index in [0.717, 1.165) is 3.97 Å². The molecule has 1 aromatic heterocycles. The van der Waals surface area contributed by atoms with Crippen LogP contribution in [0.25, 0.3) is 0 Å². The van der Waals surface area contributed by atoms with Crippen LogP contribution < -0.4 is 5.32 Å². The number of hydrogen-bond acceptors (Lipinski definition) is 6. The number of piperidine rings is 1. The number of likely N-dealkylation sites (tertiary alicyclic amines) is 1. The molecule has 2 atom stereocenters. The van der Waals surface area contributed by atoms with Gasteiger partial charge in [0.15, 0.2) is 5.78 Å². The lowest BCUT2D eigenvalue weighted by Crippen LogP contribution is -2.40. The second-order valence-corrected chi connectivity index (χ2v) is 11.6. The third-order valence-corrected chi connectivity index (χ3v) is 8.14. The van der Waals surface area contributed by atoms with Crippen molar-refractivity contribution in [3.05, 3.63) is 53.3 Å². The molecule has 10 heteroatoms. The van der Waals surface area contributed by atoms with Crippen LogP contribution in [0, 0.1) is 11.8 Å². The summed E-state index contributed by atoms with van der Waals surface area (Å²) < 4.78 is 32.3. The molecule has 2 unspecified atom stereocenters. The zero-order valence-electron chi connectivity index (χ0n) is 18.6. The van der Waals surface area contributed by atoms with Crippen molar-refractivity contribution in [3.8, 4) is 0 Å². The van der Waals surface area contributed by atoms with Gasteiger partial charge in [-0.2, -0.15) is 0 Å². The highest BCUT2D eigenvalue weighted by Gasteiger charge is 2.58. The molecule has 0 bridgehead atoms. The number of ether oxygens (including phenoxy) is 1. The zero-order chi connectivity index (χ0) is 23.7. The molecule has 33 heavy (non-hydrogen) atoms. The van der Waals surface area contributed by atoms with Gasteiger partial charge >= 0.3 is 6.09 Å².